The van der Waals surface area contributed by atoms with E-state index in [2.05, 4.69) is 36.8 Å². The van der Waals surface area contributed by atoms with Crippen LogP contribution in [0.3, 0.4) is 0 Å². The van der Waals surface area contributed by atoms with Gasteiger partial charge in [-0.1, -0.05) is 12.1 Å². The highest BCUT2D eigenvalue weighted by Gasteiger charge is 2.37. The Labute approximate surface area is 184 Å². The number of aliphatic hydroxyl groups is 1. The average Bonchev–Trinajstić information content (AvgIpc) is 3.18. The zero-order valence-electron chi connectivity index (χ0n) is 18.3. The molecule has 2 saturated heterocycles. The fraction of sp³-hybridized carbons (Fsp3) is 0.565. The van der Waals surface area contributed by atoms with Gasteiger partial charge in [-0.05, 0) is 37.2 Å². The van der Waals surface area contributed by atoms with E-state index in [1.165, 1.54) is 5.56 Å². The maximum atomic E-state index is 11.0. The zero-order chi connectivity index (χ0) is 21.5. The predicted octanol–water partition coefficient (Wildman–Crippen LogP) is 1.26. The predicted molar refractivity (Wildman–Crippen MR) is 119 cm³/mol. The van der Waals surface area contributed by atoms with E-state index < -0.39 is 5.60 Å². The molecule has 0 amide bonds. The van der Waals surface area contributed by atoms with E-state index in [0.29, 0.717) is 32.1 Å². The Morgan fingerprint density at radius 3 is 2.61 bits per heavy atom. The lowest BCUT2D eigenvalue weighted by molar-refractivity contribution is 0.0278. The van der Waals surface area contributed by atoms with Crippen LogP contribution < -0.4 is 9.64 Å². The van der Waals surface area contributed by atoms with E-state index >= 15 is 0 Å². The van der Waals surface area contributed by atoms with Crippen LogP contribution in [0.1, 0.15) is 12.0 Å². The molecule has 1 N–H and O–H groups in total. The van der Waals surface area contributed by atoms with Gasteiger partial charge < -0.3 is 19.5 Å². The number of β-amino-alcohol motifs (C(OH)–C–C–N with tert-alkyl or cyclic N) is 1. The van der Waals surface area contributed by atoms with Crippen molar-refractivity contribution in [3.8, 4) is 5.75 Å². The molecule has 0 bridgehead atoms. The van der Waals surface area contributed by atoms with Crippen molar-refractivity contribution in [3.05, 3.63) is 48.3 Å². The quantitative estimate of drug-likeness (QED) is 0.641. The molecule has 0 spiro atoms. The monoisotopic (exact) mass is 427 g/mol. The molecular weight excluding hydrogens is 394 g/mol. The number of likely N-dealkylation sites (N-methyl/N-ethyl adjacent to an activating group) is 1. The Kier molecular flexibility index (Phi) is 7.34. The number of rotatable bonds is 9. The van der Waals surface area contributed by atoms with E-state index in [-0.39, 0.29) is 0 Å². The standard InChI is InChI=1S/C23H33N5O3/c1-26(18-23(29)7-10-28(19-23)22-24-8-2-9-25-22)17-20-3-5-21(6-4-20)31-16-13-27-11-14-30-15-12-27/h2-6,8-9,29H,7,10-19H2,1H3/t23-/m0/s1. The first-order valence-corrected chi connectivity index (χ1v) is 11.0. The lowest BCUT2D eigenvalue weighted by Crippen LogP contribution is -2.43. The molecule has 2 aromatic rings. The summed E-state index contributed by atoms with van der Waals surface area (Å²) in [6, 6.07) is 10.1. The molecule has 2 aliphatic heterocycles. The second kappa shape index (κ2) is 10.4. The summed E-state index contributed by atoms with van der Waals surface area (Å²) in [7, 11) is 2.05. The van der Waals surface area contributed by atoms with Crippen LogP contribution in [0.5, 0.6) is 5.75 Å². The summed E-state index contributed by atoms with van der Waals surface area (Å²) in [5, 5.41) is 11.0. The van der Waals surface area contributed by atoms with E-state index in [4.69, 9.17) is 9.47 Å². The first-order valence-electron chi connectivity index (χ1n) is 11.0. The summed E-state index contributed by atoms with van der Waals surface area (Å²) in [4.78, 5) is 15.2. The minimum Gasteiger partial charge on any atom is -0.492 e. The third kappa shape index (κ3) is 6.36. The van der Waals surface area contributed by atoms with Gasteiger partial charge in [0, 0.05) is 51.7 Å². The molecule has 3 heterocycles. The smallest absolute Gasteiger partial charge is 0.225 e. The third-order valence-electron chi connectivity index (χ3n) is 5.89. The lowest BCUT2D eigenvalue weighted by atomic mass is 10.0. The summed E-state index contributed by atoms with van der Waals surface area (Å²) in [5.41, 5.74) is 0.448. The lowest BCUT2D eigenvalue weighted by Gasteiger charge is -2.29. The van der Waals surface area contributed by atoms with Crippen LogP contribution in [-0.4, -0.2) is 96.6 Å². The number of anilines is 1. The van der Waals surface area contributed by atoms with E-state index in [0.717, 1.165) is 51.7 Å². The summed E-state index contributed by atoms with van der Waals surface area (Å²) in [5.74, 6) is 1.58. The fourth-order valence-electron chi connectivity index (χ4n) is 4.29. The summed E-state index contributed by atoms with van der Waals surface area (Å²) in [6.45, 7) is 7.92. The molecule has 0 unspecified atom stereocenters. The molecule has 2 aliphatic rings. The number of hydrogen-bond acceptors (Lipinski definition) is 8. The minimum atomic E-state index is -0.753. The van der Waals surface area contributed by atoms with Gasteiger partial charge in [0.05, 0.1) is 25.4 Å². The van der Waals surface area contributed by atoms with Gasteiger partial charge in [0.25, 0.3) is 0 Å². The molecule has 0 radical (unpaired) electrons. The van der Waals surface area contributed by atoms with Crippen molar-refractivity contribution in [1.29, 1.82) is 0 Å². The molecule has 4 rings (SSSR count). The van der Waals surface area contributed by atoms with Gasteiger partial charge in [0.2, 0.25) is 5.95 Å². The second-order valence-electron chi connectivity index (χ2n) is 8.56. The first kappa shape index (κ1) is 22.0. The number of morpholine rings is 1. The summed E-state index contributed by atoms with van der Waals surface area (Å²) < 4.78 is 11.3. The Morgan fingerprint density at radius 2 is 1.87 bits per heavy atom. The second-order valence-corrected chi connectivity index (χ2v) is 8.56. The van der Waals surface area contributed by atoms with Crippen molar-refractivity contribution in [1.82, 2.24) is 19.8 Å². The molecule has 1 aromatic heterocycles. The number of ether oxygens (including phenoxy) is 2. The zero-order valence-corrected chi connectivity index (χ0v) is 18.3. The van der Waals surface area contributed by atoms with E-state index in [1.54, 1.807) is 18.5 Å². The van der Waals surface area contributed by atoms with Gasteiger partial charge in [-0.25, -0.2) is 9.97 Å². The number of hydrogen-bond donors (Lipinski definition) is 1. The molecule has 0 saturated carbocycles. The largest absolute Gasteiger partial charge is 0.492 e. The van der Waals surface area contributed by atoms with Crippen LogP contribution in [0, 0.1) is 0 Å². The van der Waals surface area contributed by atoms with Crippen LogP contribution in [0.4, 0.5) is 5.95 Å². The van der Waals surface area contributed by atoms with Crippen molar-refractivity contribution < 1.29 is 14.6 Å². The third-order valence-corrected chi connectivity index (χ3v) is 5.89. The Morgan fingerprint density at radius 1 is 1.13 bits per heavy atom. The van der Waals surface area contributed by atoms with Crippen LogP contribution in [0.2, 0.25) is 0 Å². The SMILES string of the molecule is CN(Cc1ccc(OCCN2CCOCC2)cc1)C[C@@]1(O)CCN(c2ncccn2)C1. The van der Waals surface area contributed by atoms with E-state index in [1.807, 2.05) is 19.2 Å². The van der Waals surface area contributed by atoms with Gasteiger partial charge in [-0.2, -0.15) is 0 Å². The summed E-state index contributed by atoms with van der Waals surface area (Å²) in [6.07, 6.45) is 4.19. The molecule has 1 atom stereocenters. The molecule has 1 aromatic carbocycles. The molecule has 2 fully saturated rings. The maximum absolute atomic E-state index is 11.0. The van der Waals surface area contributed by atoms with E-state index in [9.17, 15) is 5.11 Å². The molecular formula is C23H33N5O3. The van der Waals surface area contributed by atoms with Gasteiger partial charge in [0.1, 0.15) is 12.4 Å². The maximum Gasteiger partial charge on any atom is 0.225 e. The van der Waals surface area contributed by atoms with Gasteiger partial charge in [0.15, 0.2) is 0 Å². The van der Waals surface area contributed by atoms with Gasteiger partial charge in [-0.3, -0.25) is 9.80 Å². The number of benzene rings is 1. The average molecular weight is 428 g/mol. The molecule has 0 aliphatic carbocycles. The Balaban J connectivity index is 1.21. The number of aromatic nitrogens is 2. The highest BCUT2D eigenvalue weighted by Crippen LogP contribution is 2.25. The van der Waals surface area contributed by atoms with Crippen LogP contribution in [0.15, 0.2) is 42.7 Å². The molecule has 168 valence electrons. The van der Waals surface area contributed by atoms with Crippen molar-refractivity contribution >= 4 is 5.95 Å². The molecule has 31 heavy (non-hydrogen) atoms. The normalized spacial score (nSPS) is 22.2. The van der Waals surface area contributed by atoms with Crippen LogP contribution in [-0.2, 0) is 11.3 Å². The van der Waals surface area contributed by atoms with Gasteiger partial charge in [-0.15, -0.1) is 0 Å². The van der Waals surface area contributed by atoms with Gasteiger partial charge >= 0.3 is 0 Å². The highest BCUT2D eigenvalue weighted by atomic mass is 16.5. The topological polar surface area (TPSA) is 74.2 Å². The van der Waals surface area contributed by atoms with Crippen LogP contribution >= 0.6 is 0 Å². The fourth-order valence-corrected chi connectivity index (χ4v) is 4.29. The van der Waals surface area contributed by atoms with Crippen molar-refractivity contribution in [2.75, 3.05) is 71.0 Å². The highest BCUT2D eigenvalue weighted by molar-refractivity contribution is 5.32. The van der Waals surface area contributed by atoms with Crippen LogP contribution in [0.25, 0.3) is 0 Å². The first-order chi connectivity index (χ1) is 15.1. The summed E-state index contributed by atoms with van der Waals surface area (Å²) >= 11 is 0. The Hall–Kier alpha value is -2.26. The minimum absolute atomic E-state index is 0.553. The molecule has 8 nitrogen and oxygen atoms in total. The molecule has 8 heteroatoms. The number of nitrogens with zero attached hydrogens (tertiary/aromatic N) is 5. The van der Waals surface area contributed by atoms with Crippen molar-refractivity contribution in [3.63, 3.8) is 0 Å². The van der Waals surface area contributed by atoms with Crippen molar-refractivity contribution in [2.24, 2.45) is 0 Å². The van der Waals surface area contributed by atoms with Crippen molar-refractivity contribution in [2.45, 2.75) is 18.6 Å². The Bertz CT molecular complexity index is 801.